The van der Waals surface area contributed by atoms with Crippen molar-refractivity contribution in [3.63, 3.8) is 0 Å². The Hall–Kier alpha value is -1.20. The molecule has 0 spiro atoms. The molecule has 23 heavy (non-hydrogen) atoms. The average molecular weight is 454 g/mol. The van der Waals surface area contributed by atoms with E-state index < -0.39 is 10.0 Å². The van der Waals surface area contributed by atoms with Crippen LogP contribution < -0.4 is 5.32 Å². The summed E-state index contributed by atoms with van der Waals surface area (Å²) in [6.07, 6.45) is 0.660. The van der Waals surface area contributed by atoms with Gasteiger partial charge in [0, 0.05) is 30.6 Å². The van der Waals surface area contributed by atoms with E-state index in [1.165, 1.54) is 33.3 Å². The lowest BCUT2D eigenvalue weighted by Gasteiger charge is -2.13. The molecule has 0 fully saturated rings. The van der Waals surface area contributed by atoms with Crippen molar-refractivity contribution in [3.8, 4) is 0 Å². The summed E-state index contributed by atoms with van der Waals surface area (Å²) >= 11 is 1.97. The summed E-state index contributed by atoms with van der Waals surface area (Å²) in [4.78, 5) is 23.2. The van der Waals surface area contributed by atoms with Crippen LogP contribution >= 0.6 is 22.6 Å². The van der Waals surface area contributed by atoms with Gasteiger partial charge in [-0.2, -0.15) is 0 Å². The zero-order valence-electron chi connectivity index (χ0n) is 13.1. The molecule has 9 heteroatoms. The van der Waals surface area contributed by atoms with Crippen molar-refractivity contribution in [2.24, 2.45) is 0 Å². The standard InChI is InChI=1S/C14H19IN2O5S/c1-17(2)23(20,21)10-6-7-12(15)11(9-10)14(19)16-8-4-5-13(18)22-3/h6-7,9H,4-5,8H2,1-3H3,(H,16,19). The van der Waals surface area contributed by atoms with Crippen LogP contribution in [0.25, 0.3) is 0 Å². The first kappa shape index (κ1) is 19.8. The maximum atomic E-state index is 12.2. The number of carbonyl (C=O) groups excluding carboxylic acids is 2. The summed E-state index contributed by atoms with van der Waals surface area (Å²) in [5.74, 6) is -0.719. The SMILES string of the molecule is COC(=O)CCCNC(=O)c1cc(S(=O)(=O)N(C)C)ccc1I. The Morgan fingerprint density at radius 1 is 1.30 bits per heavy atom. The normalized spacial score (nSPS) is 11.3. The lowest BCUT2D eigenvalue weighted by molar-refractivity contribution is -0.140. The average Bonchev–Trinajstić information content (AvgIpc) is 2.50. The minimum Gasteiger partial charge on any atom is -0.469 e. The second kappa shape index (κ2) is 8.60. The van der Waals surface area contributed by atoms with Crippen molar-refractivity contribution in [3.05, 3.63) is 27.3 Å². The van der Waals surface area contributed by atoms with Crippen LogP contribution in [0.2, 0.25) is 0 Å². The van der Waals surface area contributed by atoms with Gasteiger partial charge in [-0.1, -0.05) is 0 Å². The molecule has 0 saturated carbocycles. The van der Waals surface area contributed by atoms with E-state index in [0.717, 1.165) is 4.31 Å². The quantitative estimate of drug-likeness (QED) is 0.380. The lowest BCUT2D eigenvalue weighted by atomic mass is 10.2. The molecule has 1 rings (SSSR count). The summed E-state index contributed by atoms with van der Waals surface area (Å²) in [5, 5.41) is 2.67. The molecular formula is C14H19IN2O5S. The fraction of sp³-hybridized carbons (Fsp3) is 0.429. The van der Waals surface area contributed by atoms with Crippen molar-refractivity contribution in [2.45, 2.75) is 17.7 Å². The number of rotatable bonds is 7. The molecule has 0 heterocycles. The number of nitrogens with zero attached hydrogens (tertiary/aromatic N) is 1. The van der Waals surface area contributed by atoms with Crippen LogP contribution in [0, 0.1) is 3.57 Å². The van der Waals surface area contributed by atoms with Crippen LogP contribution in [0.1, 0.15) is 23.2 Å². The number of hydrogen-bond acceptors (Lipinski definition) is 5. The highest BCUT2D eigenvalue weighted by atomic mass is 127. The van der Waals surface area contributed by atoms with E-state index in [1.54, 1.807) is 6.07 Å². The molecule has 0 atom stereocenters. The molecule has 128 valence electrons. The fourth-order valence-electron chi connectivity index (χ4n) is 1.68. The van der Waals surface area contributed by atoms with Gasteiger partial charge in [-0.15, -0.1) is 0 Å². The summed E-state index contributed by atoms with van der Waals surface area (Å²) in [7, 11) is 0.566. The maximum Gasteiger partial charge on any atom is 0.305 e. The van der Waals surface area contributed by atoms with E-state index >= 15 is 0 Å². The van der Waals surface area contributed by atoms with Gasteiger partial charge in [0.25, 0.3) is 5.91 Å². The van der Waals surface area contributed by atoms with Crippen LogP contribution in [0.5, 0.6) is 0 Å². The number of esters is 1. The minimum absolute atomic E-state index is 0.0580. The smallest absolute Gasteiger partial charge is 0.305 e. The third kappa shape index (κ3) is 5.43. The largest absolute Gasteiger partial charge is 0.469 e. The minimum atomic E-state index is -3.60. The second-order valence-electron chi connectivity index (χ2n) is 4.86. The van der Waals surface area contributed by atoms with Gasteiger partial charge in [0.2, 0.25) is 10.0 Å². The molecule has 0 saturated heterocycles. The topological polar surface area (TPSA) is 92.8 Å². The summed E-state index contributed by atoms with van der Waals surface area (Å²) in [6.45, 7) is 0.300. The Morgan fingerprint density at radius 2 is 1.96 bits per heavy atom. The van der Waals surface area contributed by atoms with Gasteiger partial charge < -0.3 is 10.1 Å². The monoisotopic (exact) mass is 454 g/mol. The van der Waals surface area contributed by atoms with Crippen LogP contribution in [0.3, 0.4) is 0 Å². The van der Waals surface area contributed by atoms with Gasteiger partial charge in [0.1, 0.15) is 0 Å². The first-order chi connectivity index (χ1) is 10.7. The molecule has 0 aromatic heterocycles. The fourth-order valence-corrected chi connectivity index (χ4v) is 3.19. The summed E-state index contributed by atoms with van der Waals surface area (Å²) in [5.41, 5.74) is 0.284. The van der Waals surface area contributed by atoms with Crippen molar-refractivity contribution in [1.29, 1.82) is 0 Å². The molecular weight excluding hydrogens is 435 g/mol. The molecule has 0 bridgehead atoms. The van der Waals surface area contributed by atoms with Crippen molar-refractivity contribution in [2.75, 3.05) is 27.7 Å². The maximum absolute atomic E-state index is 12.2. The number of halogens is 1. The zero-order valence-corrected chi connectivity index (χ0v) is 16.1. The highest BCUT2D eigenvalue weighted by Gasteiger charge is 2.20. The highest BCUT2D eigenvalue weighted by Crippen LogP contribution is 2.20. The van der Waals surface area contributed by atoms with Gasteiger partial charge in [-0.25, -0.2) is 12.7 Å². The Morgan fingerprint density at radius 3 is 2.52 bits per heavy atom. The Bertz CT molecular complexity index is 688. The molecule has 1 aromatic carbocycles. The van der Waals surface area contributed by atoms with Crippen molar-refractivity contribution >= 4 is 44.5 Å². The van der Waals surface area contributed by atoms with E-state index in [4.69, 9.17) is 0 Å². The lowest BCUT2D eigenvalue weighted by Crippen LogP contribution is -2.27. The number of ether oxygens (including phenoxy) is 1. The Balaban J connectivity index is 2.83. The Kier molecular flexibility index (Phi) is 7.42. The molecule has 1 aromatic rings. The predicted molar refractivity (Wildman–Crippen MR) is 93.6 cm³/mol. The third-order valence-electron chi connectivity index (χ3n) is 3.03. The van der Waals surface area contributed by atoms with E-state index in [-0.39, 0.29) is 28.8 Å². The van der Waals surface area contributed by atoms with Crippen LogP contribution in [0.15, 0.2) is 23.1 Å². The first-order valence-corrected chi connectivity index (χ1v) is 9.29. The highest BCUT2D eigenvalue weighted by molar-refractivity contribution is 14.1. The number of nitrogens with one attached hydrogen (secondary N) is 1. The Labute approximate surface area is 149 Å². The molecule has 0 aliphatic heterocycles. The predicted octanol–water partition coefficient (Wildman–Crippen LogP) is 1.22. The van der Waals surface area contributed by atoms with E-state index in [9.17, 15) is 18.0 Å². The van der Waals surface area contributed by atoms with Crippen molar-refractivity contribution in [1.82, 2.24) is 9.62 Å². The van der Waals surface area contributed by atoms with Gasteiger partial charge in [0.15, 0.2) is 0 Å². The van der Waals surface area contributed by atoms with Crippen LogP contribution in [-0.4, -0.2) is 52.3 Å². The number of hydrogen-bond donors (Lipinski definition) is 1. The zero-order chi connectivity index (χ0) is 17.6. The van der Waals surface area contributed by atoms with Gasteiger partial charge in [-0.3, -0.25) is 9.59 Å². The number of methoxy groups -OCH3 is 1. The summed E-state index contributed by atoms with van der Waals surface area (Å²) < 4.78 is 30.5. The molecule has 0 unspecified atom stereocenters. The van der Waals surface area contributed by atoms with E-state index in [2.05, 4.69) is 10.1 Å². The van der Waals surface area contributed by atoms with Crippen LogP contribution in [0.4, 0.5) is 0 Å². The van der Waals surface area contributed by atoms with Gasteiger partial charge in [0.05, 0.1) is 17.6 Å². The van der Waals surface area contributed by atoms with E-state index in [0.29, 0.717) is 16.5 Å². The number of amides is 1. The first-order valence-electron chi connectivity index (χ1n) is 6.77. The second-order valence-corrected chi connectivity index (χ2v) is 8.18. The number of sulfonamides is 1. The van der Waals surface area contributed by atoms with Crippen molar-refractivity contribution < 1.29 is 22.7 Å². The van der Waals surface area contributed by atoms with E-state index in [1.807, 2.05) is 22.6 Å². The number of carbonyl (C=O) groups is 2. The van der Waals surface area contributed by atoms with Crippen LogP contribution in [-0.2, 0) is 19.6 Å². The molecule has 0 aliphatic rings. The summed E-state index contributed by atoms with van der Waals surface area (Å²) in [6, 6.07) is 4.40. The molecule has 0 aliphatic carbocycles. The third-order valence-corrected chi connectivity index (χ3v) is 5.78. The molecule has 0 radical (unpaired) electrons. The molecule has 1 N–H and O–H groups in total. The molecule has 1 amide bonds. The van der Waals surface area contributed by atoms with Gasteiger partial charge in [-0.05, 0) is 47.2 Å². The number of benzene rings is 1. The molecule has 7 nitrogen and oxygen atoms in total. The van der Waals surface area contributed by atoms with Gasteiger partial charge >= 0.3 is 5.97 Å².